The van der Waals surface area contributed by atoms with Crippen molar-refractivity contribution in [1.82, 2.24) is 25.2 Å². The lowest BCUT2D eigenvalue weighted by atomic mass is 9.85. The van der Waals surface area contributed by atoms with Crippen molar-refractivity contribution in [2.75, 3.05) is 6.54 Å². The number of aromatic nitrogens is 1. The van der Waals surface area contributed by atoms with Crippen LogP contribution in [-0.2, 0) is 29.1 Å². The lowest BCUT2D eigenvalue weighted by Crippen LogP contribution is -2.60. The minimum Gasteiger partial charge on any atom is -0.488 e. The number of amides is 4. The summed E-state index contributed by atoms with van der Waals surface area (Å²) in [5.74, 6) is -2.04. The number of hydrogen-bond acceptors (Lipinski definition) is 9. The summed E-state index contributed by atoms with van der Waals surface area (Å²) in [6, 6.07) is 4.69. The molecule has 0 radical (unpaired) electrons. The van der Waals surface area contributed by atoms with Crippen molar-refractivity contribution >= 4 is 56.3 Å². The van der Waals surface area contributed by atoms with E-state index in [0.717, 1.165) is 25.7 Å². The summed E-state index contributed by atoms with van der Waals surface area (Å²) in [5.41, 5.74) is -1.74. The SMILES string of the molecule is C=C[C@H]1C[C@@]1(NC(=O)[C@@H]1C[C@@H](Oc2ccnc3cc(Cl)ccc23)CN1C(=O)[C@@H](NC(=O)OC1CCCC1)C(C)(C)C)C(=O)NS(=O)(=O)C1(CCC)CC1. The fourth-order valence-electron chi connectivity index (χ4n) is 7.78. The van der Waals surface area contributed by atoms with Gasteiger partial charge in [-0.1, -0.05) is 51.8 Å². The molecule has 0 spiro atoms. The van der Waals surface area contributed by atoms with E-state index in [1.54, 1.807) is 30.5 Å². The molecule has 1 aromatic heterocycles. The Balaban J connectivity index is 1.27. The molecule has 53 heavy (non-hydrogen) atoms. The third-order valence-corrected chi connectivity index (χ3v) is 13.6. The third-order valence-electron chi connectivity index (χ3n) is 11.1. The Labute approximate surface area is 316 Å². The molecule has 6 rings (SSSR count). The summed E-state index contributed by atoms with van der Waals surface area (Å²) in [6.45, 7) is 11.1. The summed E-state index contributed by atoms with van der Waals surface area (Å²) in [4.78, 5) is 61.5. The Bertz CT molecular complexity index is 1890. The summed E-state index contributed by atoms with van der Waals surface area (Å²) in [5, 5.41) is 6.80. The summed E-state index contributed by atoms with van der Waals surface area (Å²) in [6.07, 6.45) is 7.13. The second-order valence-corrected chi connectivity index (χ2v) is 18.6. The van der Waals surface area contributed by atoms with Crippen LogP contribution in [0.3, 0.4) is 0 Å². The Kier molecular flexibility index (Phi) is 10.8. The number of carbonyl (C=O) groups is 4. The molecule has 3 saturated carbocycles. The zero-order valence-corrected chi connectivity index (χ0v) is 32.4. The number of nitrogens with zero attached hydrogens (tertiary/aromatic N) is 2. The number of benzene rings is 1. The maximum Gasteiger partial charge on any atom is 0.408 e. The van der Waals surface area contributed by atoms with E-state index < -0.39 is 73.6 Å². The Morgan fingerprint density at radius 3 is 2.47 bits per heavy atom. The molecule has 1 aliphatic heterocycles. The first-order chi connectivity index (χ1) is 25.0. The molecule has 4 amide bonds. The van der Waals surface area contributed by atoms with Gasteiger partial charge in [-0.3, -0.25) is 24.1 Å². The van der Waals surface area contributed by atoms with Gasteiger partial charge >= 0.3 is 6.09 Å². The van der Waals surface area contributed by atoms with Crippen LogP contribution in [0.15, 0.2) is 43.1 Å². The van der Waals surface area contributed by atoms with Crippen LogP contribution in [0.25, 0.3) is 10.9 Å². The number of carbonyl (C=O) groups excluding carboxylic acids is 4. The standard InChI is InChI=1S/C38H50ClN5O8S/c1-6-15-37(16-17-37)53(49,50)43-34(47)38(21-23(38)7-2)42-32(45)29-20-26(51-30-14-18-40-28-19-24(39)12-13-27(28)30)22-44(29)33(46)31(36(3,4)5)41-35(48)52-25-10-8-9-11-25/h7,12-14,18-19,23,25-26,29,31H,2,6,8-11,15-17,20-22H2,1,3-5H3,(H,41,48)(H,42,45)(H,43,47)/t23-,26+,29-,31+,38-/m0/s1. The molecule has 4 aliphatic rings. The number of likely N-dealkylation sites (tertiary alicyclic amines) is 1. The van der Waals surface area contributed by atoms with Crippen LogP contribution in [0, 0.1) is 11.3 Å². The predicted molar refractivity (Wildman–Crippen MR) is 200 cm³/mol. The van der Waals surface area contributed by atoms with Gasteiger partial charge in [0, 0.05) is 28.9 Å². The van der Waals surface area contributed by atoms with Crippen LogP contribution in [0.5, 0.6) is 5.75 Å². The van der Waals surface area contributed by atoms with Gasteiger partial charge in [-0.05, 0) is 81.0 Å². The predicted octanol–water partition coefficient (Wildman–Crippen LogP) is 5.16. The lowest BCUT2D eigenvalue weighted by molar-refractivity contribution is -0.143. The van der Waals surface area contributed by atoms with E-state index in [1.165, 1.54) is 11.0 Å². The van der Waals surface area contributed by atoms with Crippen molar-refractivity contribution in [3.63, 3.8) is 0 Å². The van der Waals surface area contributed by atoms with Crippen molar-refractivity contribution in [3.05, 3.63) is 48.1 Å². The number of rotatable bonds is 13. The molecule has 5 atom stereocenters. The average molecular weight is 772 g/mol. The zero-order valence-electron chi connectivity index (χ0n) is 30.8. The average Bonchev–Trinajstić information content (AvgIpc) is 3.91. The molecule has 0 bridgehead atoms. The van der Waals surface area contributed by atoms with Gasteiger partial charge in [-0.25, -0.2) is 13.2 Å². The minimum atomic E-state index is -4.01. The summed E-state index contributed by atoms with van der Waals surface area (Å²) >= 11 is 6.20. The maximum atomic E-state index is 14.6. The molecule has 2 heterocycles. The van der Waals surface area contributed by atoms with Crippen molar-refractivity contribution in [3.8, 4) is 5.75 Å². The fraction of sp³-hybridized carbons (Fsp3) is 0.605. The molecule has 13 nitrogen and oxygen atoms in total. The second-order valence-electron chi connectivity index (χ2n) is 16.1. The van der Waals surface area contributed by atoms with Gasteiger partial charge in [0.25, 0.3) is 5.91 Å². The molecule has 3 aliphatic carbocycles. The van der Waals surface area contributed by atoms with Crippen molar-refractivity contribution in [1.29, 1.82) is 0 Å². The van der Waals surface area contributed by atoms with Crippen LogP contribution in [0.2, 0.25) is 5.02 Å². The number of fused-ring (bicyclic) bond motifs is 1. The Morgan fingerprint density at radius 1 is 1.13 bits per heavy atom. The van der Waals surface area contributed by atoms with Gasteiger partial charge in [-0.2, -0.15) is 0 Å². The normalized spacial score (nSPS) is 25.7. The number of halogens is 1. The van der Waals surface area contributed by atoms with Crippen LogP contribution in [-0.4, -0.2) is 83.2 Å². The molecule has 0 unspecified atom stereocenters. The van der Waals surface area contributed by atoms with E-state index in [-0.39, 0.29) is 25.5 Å². The van der Waals surface area contributed by atoms with Crippen LogP contribution in [0.1, 0.15) is 91.9 Å². The first-order valence-electron chi connectivity index (χ1n) is 18.5. The topological polar surface area (TPSA) is 173 Å². The zero-order chi connectivity index (χ0) is 38.3. The van der Waals surface area contributed by atoms with Crippen LogP contribution >= 0.6 is 11.6 Å². The number of ether oxygens (including phenoxy) is 2. The van der Waals surface area contributed by atoms with Gasteiger partial charge in [-0.15, -0.1) is 6.58 Å². The molecule has 1 aromatic carbocycles. The maximum absolute atomic E-state index is 14.6. The van der Waals surface area contributed by atoms with E-state index in [1.807, 2.05) is 27.7 Å². The van der Waals surface area contributed by atoms with Crippen molar-refractivity contribution in [2.24, 2.45) is 11.3 Å². The van der Waals surface area contributed by atoms with Gasteiger partial charge in [0.15, 0.2) is 0 Å². The molecule has 2 aromatic rings. The highest BCUT2D eigenvalue weighted by molar-refractivity contribution is 7.91. The molecule has 15 heteroatoms. The number of nitrogens with one attached hydrogen (secondary N) is 3. The minimum absolute atomic E-state index is 0.0156. The highest BCUT2D eigenvalue weighted by atomic mass is 35.5. The Morgan fingerprint density at radius 2 is 1.85 bits per heavy atom. The van der Waals surface area contributed by atoms with Gasteiger partial charge in [0.05, 0.1) is 16.8 Å². The monoisotopic (exact) mass is 771 g/mol. The molecular weight excluding hydrogens is 722 g/mol. The lowest BCUT2D eigenvalue weighted by Gasteiger charge is -2.35. The molecule has 3 N–H and O–H groups in total. The third kappa shape index (κ3) is 7.99. The highest BCUT2D eigenvalue weighted by Crippen LogP contribution is 2.49. The van der Waals surface area contributed by atoms with Crippen molar-refractivity contribution < 1.29 is 37.1 Å². The van der Waals surface area contributed by atoms with E-state index in [9.17, 15) is 27.6 Å². The smallest absolute Gasteiger partial charge is 0.408 e. The van der Waals surface area contributed by atoms with E-state index in [2.05, 4.69) is 26.9 Å². The molecule has 4 fully saturated rings. The number of hydrogen-bond donors (Lipinski definition) is 3. The number of alkyl carbamates (subject to hydrolysis) is 1. The second kappa shape index (κ2) is 14.7. The quantitative estimate of drug-likeness (QED) is 0.233. The first kappa shape index (κ1) is 38.8. The van der Waals surface area contributed by atoms with Gasteiger partial charge in [0.2, 0.25) is 21.8 Å². The van der Waals surface area contributed by atoms with Crippen LogP contribution in [0.4, 0.5) is 4.79 Å². The first-order valence-corrected chi connectivity index (χ1v) is 20.4. The molecule has 1 saturated heterocycles. The number of pyridine rings is 1. The molecule has 288 valence electrons. The van der Waals surface area contributed by atoms with Crippen LogP contribution < -0.4 is 20.1 Å². The van der Waals surface area contributed by atoms with Gasteiger partial charge < -0.3 is 25.0 Å². The highest BCUT2D eigenvalue weighted by Gasteiger charge is 2.63. The van der Waals surface area contributed by atoms with Crippen molar-refractivity contribution in [2.45, 2.75) is 126 Å². The number of sulfonamides is 1. The van der Waals surface area contributed by atoms with Gasteiger partial charge in [0.1, 0.15) is 35.6 Å². The van der Waals surface area contributed by atoms with E-state index in [0.29, 0.717) is 47.4 Å². The molecular formula is C38H50ClN5O8S. The van der Waals surface area contributed by atoms with E-state index in [4.69, 9.17) is 21.1 Å². The summed E-state index contributed by atoms with van der Waals surface area (Å²) in [7, 11) is -4.01. The fourth-order valence-corrected chi connectivity index (χ4v) is 9.70. The Hall–Kier alpha value is -3.91. The summed E-state index contributed by atoms with van der Waals surface area (Å²) < 4.78 is 40.1. The largest absolute Gasteiger partial charge is 0.488 e. The van der Waals surface area contributed by atoms with E-state index >= 15 is 0 Å².